The number of furan rings is 1. The van der Waals surface area contributed by atoms with Gasteiger partial charge in [-0.25, -0.2) is 8.42 Å². The first-order valence-corrected chi connectivity index (χ1v) is 9.49. The summed E-state index contributed by atoms with van der Waals surface area (Å²) in [4.78, 5) is 12.2. The summed E-state index contributed by atoms with van der Waals surface area (Å²) in [5.74, 6) is -0.165. The maximum Gasteiger partial charge on any atom is 0.287 e. The van der Waals surface area contributed by atoms with Gasteiger partial charge in [0.25, 0.3) is 5.91 Å². The Morgan fingerprint density at radius 2 is 1.96 bits per heavy atom. The molecule has 2 N–H and O–H groups in total. The van der Waals surface area contributed by atoms with E-state index in [0.29, 0.717) is 39.3 Å². The smallest absolute Gasteiger partial charge is 0.287 e. The minimum Gasteiger partial charge on any atom is -0.455 e. The average molecular weight is 396 g/mol. The van der Waals surface area contributed by atoms with Crippen LogP contribution in [0.2, 0.25) is 0 Å². The van der Waals surface area contributed by atoms with E-state index in [0.717, 1.165) is 12.8 Å². The van der Waals surface area contributed by atoms with Crippen molar-refractivity contribution in [2.24, 2.45) is 0 Å². The highest BCUT2D eigenvalue weighted by Crippen LogP contribution is 2.26. The second-order valence-corrected chi connectivity index (χ2v) is 7.55. The molecule has 1 fully saturated rings. The molecule has 0 unspecified atom stereocenters. The number of nitrogens with zero attached hydrogens (tertiary/aromatic N) is 1. The largest absolute Gasteiger partial charge is 0.455 e. The van der Waals surface area contributed by atoms with Crippen LogP contribution in [0.3, 0.4) is 0 Å². The van der Waals surface area contributed by atoms with E-state index in [1.807, 2.05) is 0 Å². The Morgan fingerprint density at radius 1 is 1.28 bits per heavy atom. The van der Waals surface area contributed by atoms with Gasteiger partial charge in [0, 0.05) is 45.9 Å². The van der Waals surface area contributed by atoms with Gasteiger partial charge in [-0.15, -0.1) is 12.4 Å². The molecule has 0 aromatic carbocycles. The third-order valence-corrected chi connectivity index (χ3v) is 5.86. The molecule has 0 bridgehead atoms. The van der Waals surface area contributed by atoms with Crippen molar-refractivity contribution in [1.29, 1.82) is 0 Å². The Morgan fingerprint density at radius 3 is 2.60 bits per heavy atom. The lowest BCUT2D eigenvalue weighted by atomic mass is 10.4. The lowest BCUT2D eigenvalue weighted by Gasteiger charge is -2.14. The monoisotopic (exact) mass is 395 g/mol. The van der Waals surface area contributed by atoms with Crippen LogP contribution in [0.25, 0.3) is 0 Å². The van der Waals surface area contributed by atoms with Crippen LogP contribution in [0.4, 0.5) is 0 Å². The maximum atomic E-state index is 12.6. The Bertz CT molecular complexity index is 656. The minimum absolute atomic E-state index is 0. The highest BCUT2D eigenvalue weighted by atomic mass is 35.5. The van der Waals surface area contributed by atoms with Crippen molar-refractivity contribution in [2.45, 2.75) is 24.7 Å². The zero-order chi connectivity index (χ0) is 17.6. The first-order chi connectivity index (χ1) is 11.5. The van der Waals surface area contributed by atoms with E-state index in [9.17, 15) is 13.2 Å². The van der Waals surface area contributed by atoms with Crippen LogP contribution in [0.1, 0.15) is 29.2 Å². The number of amides is 1. The third kappa shape index (κ3) is 5.68. The van der Waals surface area contributed by atoms with Crippen LogP contribution in [-0.4, -0.2) is 65.1 Å². The molecule has 1 aliphatic heterocycles. The van der Waals surface area contributed by atoms with Crippen LogP contribution < -0.4 is 10.6 Å². The summed E-state index contributed by atoms with van der Waals surface area (Å²) in [6, 6.07) is 1.32. The molecule has 0 radical (unpaired) electrons. The van der Waals surface area contributed by atoms with Gasteiger partial charge in [0.1, 0.15) is 10.7 Å². The molecule has 8 nitrogen and oxygen atoms in total. The zero-order valence-electron chi connectivity index (χ0n) is 14.5. The standard InChI is InChI=1S/C15H25N3O5S.ClH/c1-12-14(24(20,21)18-8-3-4-9-18)11-13(23-12)15(19)17-6-5-16-7-10-22-2;/h11,16H,3-10H2,1-2H3,(H,17,19);1H. The fraction of sp³-hybridized carbons (Fsp3) is 0.667. The molecular formula is C15H26ClN3O5S. The van der Waals surface area contributed by atoms with Crippen LogP contribution in [0, 0.1) is 6.92 Å². The average Bonchev–Trinajstić information content (AvgIpc) is 3.20. The number of aryl methyl sites for hydroxylation is 1. The van der Waals surface area contributed by atoms with E-state index >= 15 is 0 Å². The number of halogens is 1. The number of carbonyl (C=O) groups is 1. The second kappa shape index (κ2) is 10.1. The molecular weight excluding hydrogens is 370 g/mol. The van der Waals surface area contributed by atoms with Gasteiger partial charge in [-0.2, -0.15) is 4.31 Å². The van der Waals surface area contributed by atoms with E-state index in [-0.39, 0.29) is 28.8 Å². The predicted octanol–water partition coefficient (Wildman–Crippen LogP) is 0.760. The highest BCUT2D eigenvalue weighted by Gasteiger charge is 2.31. The van der Waals surface area contributed by atoms with E-state index in [1.54, 1.807) is 14.0 Å². The number of sulfonamides is 1. The SMILES string of the molecule is COCCNCCNC(=O)c1cc(S(=O)(=O)N2CCCC2)c(C)o1.Cl. The summed E-state index contributed by atoms with van der Waals surface area (Å²) in [6.07, 6.45) is 1.72. The van der Waals surface area contributed by atoms with E-state index in [4.69, 9.17) is 9.15 Å². The molecule has 1 aromatic heterocycles. The van der Waals surface area contributed by atoms with Gasteiger partial charge in [-0.05, 0) is 19.8 Å². The molecule has 25 heavy (non-hydrogen) atoms. The van der Waals surface area contributed by atoms with Crippen molar-refractivity contribution in [3.63, 3.8) is 0 Å². The summed E-state index contributed by atoms with van der Waals surface area (Å²) < 4.78 is 36.8. The number of carbonyl (C=O) groups excluding carboxylic acids is 1. The van der Waals surface area contributed by atoms with Gasteiger partial charge in [-0.1, -0.05) is 0 Å². The first-order valence-electron chi connectivity index (χ1n) is 8.05. The van der Waals surface area contributed by atoms with Gasteiger partial charge in [0.15, 0.2) is 5.76 Å². The number of ether oxygens (including phenoxy) is 1. The molecule has 2 heterocycles. The highest BCUT2D eigenvalue weighted by molar-refractivity contribution is 7.89. The molecule has 144 valence electrons. The topological polar surface area (TPSA) is 101 Å². The van der Waals surface area contributed by atoms with E-state index in [2.05, 4.69) is 10.6 Å². The van der Waals surface area contributed by atoms with Crippen LogP contribution in [0.15, 0.2) is 15.4 Å². The van der Waals surface area contributed by atoms with Crippen molar-refractivity contribution in [2.75, 3.05) is 46.4 Å². The Balaban J connectivity index is 0.00000312. The molecule has 0 atom stereocenters. The van der Waals surface area contributed by atoms with Gasteiger partial charge in [0.2, 0.25) is 10.0 Å². The van der Waals surface area contributed by atoms with E-state index in [1.165, 1.54) is 10.4 Å². The summed E-state index contributed by atoms with van der Waals surface area (Å²) >= 11 is 0. The summed E-state index contributed by atoms with van der Waals surface area (Å²) in [5, 5.41) is 5.79. The summed E-state index contributed by atoms with van der Waals surface area (Å²) in [5.41, 5.74) is 0. The van der Waals surface area contributed by atoms with Gasteiger partial charge in [-0.3, -0.25) is 4.79 Å². The number of rotatable bonds is 9. The van der Waals surface area contributed by atoms with Crippen LogP contribution in [-0.2, 0) is 14.8 Å². The van der Waals surface area contributed by atoms with Crippen molar-refractivity contribution in [3.8, 4) is 0 Å². The van der Waals surface area contributed by atoms with Crippen molar-refractivity contribution in [1.82, 2.24) is 14.9 Å². The fourth-order valence-corrected chi connectivity index (χ4v) is 4.23. The first kappa shape index (κ1) is 21.9. The van der Waals surface area contributed by atoms with E-state index < -0.39 is 15.9 Å². The maximum absolute atomic E-state index is 12.6. The molecule has 1 amide bonds. The summed E-state index contributed by atoms with van der Waals surface area (Å²) in [7, 11) is -1.96. The lowest BCUT2D eigenvalue weighted by molar-refractivity contribution is 0.0924. The molecule has 1 saturated heterocycles. The van der Waals surface area contributed by atoms with Gasteiger partial charge < -0.3 is 19.8 Å². The minimum atomic E-state index is -3.58. The normalized spacial score (nSPS) is 15.1. The predicted molar refractivity (Wildman–Crippen MR) is 95.8 cm³/mol. The molecule has 0 saturated carbocycles. The quantitative estimate of drug-likeness (QED) is 0.599. The van der Waals surface area contributed by atoms with Crippen LogP contribution >= 0.6 is 12.4 Å². The van der Waals surface area contributed by atoms with Crippen LogP contribution in [0.5, 0.6) is 0 Å². The Hall–Kier alpha value is -1.13. The molecule has 1 aliphatic rings. The number of hydrogen-bond acceptors (Lipinski definition) is 6. The molecule has 2 rings (SSSR count). The molecule has 0 aliphatic carbocycles. The van der Waals surface area contributed by atoms with Crippen molar-refractivity contribution < 1.29 is 22.4 Å². The number of hydrogen-bond donors (Lipinski definition) is 2. The lowest BCUT2D eigenvalue weighted by Crippen LogP contribution is -2.33. The molecule has 0 spiro atoms. The number of nitrogens with one attached hydrogen (secondary N) is 2. The van der Waals surface area contributed by atoms with Crippen molar-refractivity contribution in [3.05, 3.63) is 17.6 Å². The van der Waals surface area contributed by atoms with Gasteiger partial charge in [0.05, 0.1) is 6.61 Å². The van der Waals surface area contributed by atoms with Gasteiger partial charge >= 0.3 is 0 Å². The molecule has 10 heteroatoms. The second-order valence-electron chi connectivity index (χ2n) is 5.64. The Labute approximate surface area is 154 Å². The summed E-state index contributed by atoms with van der Waals surface area (Å²) in [6.45, 7) is 4.90. The zero-order valence-corrected chi connectivity index (χ0v) is 16.2. The molecule has 1 aromatic rings. The van der Waals surface area contributed by atoms with Crippen molar-refractivity contribution >= 4 is 28.3 Å². The Kier molecular flexibility index (Phi) is 8.87. The number of methoxy groups -OCH3 is 1. The third-order valence-electron chi connectivity index (χ3n) is 3.85. The fourth-order valence-electron chi connectivity index (χ4n) is 2.55.